The van der Waals surface area contributed by atoms with E-state index in [9.17, 15) is 9.50 Å². The van der Waals surface area contributed by atoms with Gasteiger partial charge in [-0.3, -0.25) is 4.98 Å². The van der Waals surface area contributed by atoms with Gasteiger partial charge in [-0.2, -0.15) is 5.26 Å². The second-order valence-corrected chi connectivity index (χ2v) is 5.69. The second-order valence-electron chi connectivity index (χ2n) is 5.29. The first-order valence-electron chi connectivity index (χ1n) is 7.07. The Morgan fingerprint density at radius 1 is 1.39 bits per heavy atom. The van der Waals surface area contributed by atoms with Crippen LogP contribution in [-0.4, -0.2) is 22.8 Å². The van der Waals surface area contributed by atoms with Gasteiger partial charge in [0.15, 0.2) is 0 Å². The summed E-state index contributed by atoms with van der Waals surface area (Å²) in [5, 5.41) is 19.5. The van der Waals surface area contributed by atoms with E-state index in [2.05, 4.69) is 4.98 Å². The summed E-state index contributed by atoms with van der Waals surface area (Å²) in [5.74, 6) is -0.622. The molecule has 1 unspecified atom stereocenters. The van der Waals surface area contributed by atoms with E-state index in [0.29, 0.717) is 16.7 Å². The van der Waals surface area contributed by atoms with Gasteiger partial charge in [0.25, 0.3) is 0 Å². The molecule has 0 spiro atoms. The van der Waals surface area contributed by atoms with Gasteiger partial charge in [0.1, 0.15) is 18.0 Å². The zero-order chi connectivity index (χ0) is 17.0. The van der Waals surface area contributed by atoms with E-state index in [1.54, 1.807) is 18.2 Å². The van der Waals surface area contributed by atoms with Crippen LogP contribution in [0.15, 0.2) is 30.6 Å². The van der Waals surface area contributed by atoms with Gasteiger partial charge in [0.2, 0.25) is 0 Å². The lowest BCUT2D eigenvalue weighted by atomic mass is 9.97. The van der Waals surface area contributed by atoms with Crippen molar-refractivity contribution in [2.45, 2.75) is 26.1 Å². The van der Waals surface area contributed by atoms with Gasteiger partial charge >= 0.3 is 0 Å². The van der Waals surface area contributed by atoms with Crippen LogP contribution in [0.4, 0.5) is 4.39 Å². The Balaban J connectivity index is 2.45. The van der Waals surface area contributed by atoms with Gasteiger partial charge in [-0.25, -0.2) is 4.39 Å². The van der Waals surface area contributed by atoms with Crippen molar-refractivity contribution < 1.29 is 14.2 Å². The van der Waals surface area contributed by atoms with Crippen LogP contribution in [0.3, 0.4) is 0 Å². The molecular weight excluding hydrogens is 319 g/mol. The molecular formula is C17H16ClFN2O2. The van der Waals surface area contributed by atoms with Gasteiger partial charge in [-0.15, -0.1) is 0 Å². The van der Waals surface area contributed by atoms with E-state index >= 15 is 0 Å². The van der Waals surface area contributed by atoms with Crippen molar-refractivity contribution >= 4 is 11.6 Å². The third-order valence-corrected chi connectivity index (χ3v) is 3.57. The number of nitrogens with zero attached hydrogens (tertiary/aromatic N) is 2. The molecule has 0 aliphatic carbocycles. The molecule has 2 rings (SSSR count). The number of aliphatic hydroxyl groups is 1. The highest BCUT2D eigenvalue weighted by Crippen LogP contribution is 2.32. The summed E-state index contributed by atoms with van der Waals surface area (Å²) in [5.41, 5.74) is 1.40. The fourth-order valence-electron chi connectivity index (χ4n) is 2.15. The molecule has 1 atom stereocenters. The Hall–Kier alpha value is -2.00. The van der Waals surface area contributed by atoms with Crippen molar-refractivity contribution in [3.05, 3.63) is 52.6 Å². The number of aliphatic hydroxyl groups excluding tert-OH is 1. The van der Waals surface area contributed by atoms with E-state index in [4.69, 9.17) is 21.6 Å². The number of ether oxygens (including phenoxy) is 1. The molecule has 4 nitrogen and oxygen atoms in total. The molecule has 1 N–H and O–H groups in total. The van der Waals surface area contributed by atoms with Gasteiger partial charge in [-0.05, 0) is 31.5 Å². The number of pyridine rings is 1. The van der Waals surface area contributed by atoms with Crippen LogP contribution >= 0.6 is 11.6 Å². The molecule has 120 valence electrons. The van der Waals surface area contributed by atoms with Crippen molar-refractivity contribution in [3.63, 3.8) is 0 Å². The highest BCUT2D eigenvalue weighted by Gasteiger charge is 2.20. The average molecular weight is 335 g/mol. The summed E-state index contributed by atoms with van der Waals surface area (Å²) in [4.78, 5) is 3.84. The van der Waals surface area contributed by atoms with Crippen LogP contribution in [0.25, 0.3) is 11.1 Å². The number of hydrogen-bond donors (Lipinski definition) is 1. The molecule has 2 aromatic rings. The molecule has 1 heterocycles. The van der Waals surface area contributed by atoms with E-state index in [1.807, 2.05) is 19.9 Å². The molecule has 0 fully saturated rings. The maximum absolute atomic E-state index is 14.2. The molecule has 0 bridgehead atoms. The number of hydrogen-bond acceptors (Lipinski definition) is 4. The lowest BCUT2D eigenvalue weighted by molar-refractivity contribution is 0.00378. The largest absolute Gasteiger partial charge is 0.386 e. The smallest absolute Gasteiger partial charge is 0.147 e. The maximum atomic E-state index is 14.2. The summed E-state index contributed by atoms with van der Waals surface area (Å²) in [6.45, 7) is 3.63. The first kappa shape index (κ1) is 17.4. The van der Waals surface area contributed by atoms with E-state index in [-0.39, 0.29) is 23.3 Å². The van der Waals surface area contributed by atoms with Crippen LogP contribution in [-0.2, 0) is 4.74 Å². The van der Waals surface area contributed by atoms with Crippen LogP contribution in [0.5, 0.6) is 0 Å². The van der Waals surface area contributed by atoms with E-state index < -0.39 is 11.9 Å². The number of aromatic nitrogens is 1. The standard InChI is InChI=1S/C17H16ClFN2O2/c1-10(2)23-9-16(22)17-13(7-21-8-15(17)19)11-3-4-12(6-20)14(18)5-11/h3-5,7-8,10,16,22H,9H2,1-2H3. The highest BCUT2D eigenvalue weighted by atomic mass is 35.5. The number of halogens is 2. The molecule has 0 radical (unpaired) electrons. The molecule has 0 saturated carbocycles. The molecule has 0 aliphatic heterocycles. The minimum Gasteiger partial charge on any atom is -0.386 e. The normalized spacial score (nSPS) is 12.2. The maximum Gasteiger partial charge on any atom is 0.147 e. The average Bonchev–Trinajstić information content (AvgIpc) is 2.52. The van der Waals surface area contributed by atoms with Crippen molar-refractivity contribution in [3.8, 4) is 17.2 Å². The van der Waals surface area contributed by atoms with E-state index in [0.717, 1.165) is 6.20 Å². The van der Waals surface area contributed by atoms with Crippen molar-refractivity contribution in [2.24, 2.45) is 0 Å². The topological polar surface area (TPSA) is 66.1 Å². The minimum absolute atomic E-state index is 0.0321. The quantitative estimate of drug-likeness (QED) is 0.901. The summed E-state index contributed by atoms with van der Waals surface area (Å²) >= 11 is 6.03. The molecule has 23 heavy (non-hydrogen) atoms. The SMILES string of the molecule is CC(C)OCC(O)c1c(F)cncc1-c1ccc(C#N)c(Cl)c1. The van der Waals surface area contributed by atoms with Crippen LogP contribution in [0.1, 0.15) is 31.1 Å². The first-order valence-corrected chi connectivity index (χ1v) is 7.45. The van der Waals surface area contributed by atoms with Gasteiger partial charge in [0, 0.05) is 17.3 Å². The molecule has 6 heteroatoms. The van der Waals surface area contributed by atoms with Gasteiger partial charge in [0.05, 0.1) is 29.5 Å². The first-order chi connectivity index (χ1) is 10.9. The number of nitriles is 1. The predicted molar refractivity (Wildman–Crippen MR) is 85.4 cm³/mol. The van der Waals surface area contributed by atoms with Crippen molar-refractivity contribution in [1.29, 1.82) is 5.26 Å². The third-order valence-electron chi connectivity index (χ3n) is 3.26. The van der Waals surface area contributed by atoms with Gasteiger partial charge in [-0.1, -0.05) is 17.7 Å². The summed E-state index contributed by atoms with van der Waals surface area (Å²) < 4.78 is 19.6. The van der Waals surface area contributed by atoms with Gasteiger partial charge < -0.3 is 9.84 Å². The Kier molecular flexibility index (Phi) is 5.67. The fourth-order valence-corrected chi connectivity index (χ4v) is 2.38. The molecule has 0 aliphatic rings. The Bertz CT molecular complexity index is 744. The fraction of sp³-hybridized carbons (Fsp3) is 0.294. The molecule has 1 aromatic carbocycles. The summed E-state index contributed by atoms with van der Waals surface area (Å²) in [7, 11) is 0. The Labute approximate surface area is 139 Å². The highest BCUT2D eigenvalue weighted by molar-refractivity contribution is 6.32. The van der Waals surface area contributed by atoms with E-state index in [1.165, 1.54) is 6.20 Å². The zero-order valence-corrected chi connectivity index (χ0v) is 13.5. The van der Waals surface area contributed by atoms with Crippen LogP contribution in [0.2, 0.25) is 5.02 Å². The van der Waals surface area contributed by atoms with Crippen LogP contribution in [0, 0.1) is 17.1 Å². The summed E-state index contributed by atoms with van der Waals surface area (Å²) in [6.07, 6.45) is 1.28. The minimum atomic E-state index is -1.13. The molecule has 0 saturated heterocycles. The third kappa shape index (κ3) is 4.05. The predicted octanol–water partition coefficient (Wildman–Crippen LogP) is 3.87. The van der Waals surface area contributed by atoms with Crippen molar-refractivity contribution in [1.82, 2.24) is 4.98 Å². The number of benzene rings is 1. The number of rotatable bonds is 5. The lowest BCUT2D eigenvalue weighted by Crippen LogP contribution is -2.14. The zero-order valence-electron chi connectivity index (χ0n) is 12.8. The second kappa shape index (κ2) is 7.51. The molecule has 0 amide bonds. The monoisotopic (exact) mass is 334 g/mol. The lowest BCUT2D eigenvalue weighted by Gasteiger charge is -2.18. The summed E-state index contributed by atoms with van der Waals surface area (Å²) in [6, 6.07) is 6.70. The van der Waals surface area contributed by atoms with Crippen LogP contribution < -0.4 is 0 Å². The Morgan fingerprint density at radius 3 is 2.74 bits per heavy atom. The molecule has 1 aromatic heterocycles. The van der Waals surface area contributed by atoms with Crippen molar-refractivity contribution in [2.75, 3.05) is 6.61 Å². The Morgan fingerprint density at radius 2 is 2.13 bits per heavy atom.